The summed E-state index contributed by atoms with van der Waals surface area (Å²) in [5.41, 5.74) is 2.93. The van der Waals surface area contributed by atoms with Gasteiger partial charge in [0, 0.05) is 18.4 Å². The Hall–Kier alpha value is -2.34. The topological polar surface area (TPSA) is 42.3 Å². The number of carbonyl (C=O) groups is 2. The minimum atomic E-state index is -0.310. The van der Waals surface area contributed by atoms with Crippen molar-refractivity contribution in [3.8, 4) is 5.69 Å². The van der Waals surface area contributed by atoms with Crippen LogP contribution in [0.1, 0.15) is 17.0 Å². The van der Waals surface area contributed by atoms with E-state index in [9.17, 15) is 14.0 Å². The third-order valence-electron chi connectivity index (χ3n) is 3.84. The lowest BCUT2D eigenvalue weighted by Gasteiger charge is -2.10. The Bertz CT molecular complexity index is 854. The number of rotatable bonds is 2. The predicted octanol–water partition coefficient (Wildman–Crippen LogP) is 3.90. The fourth-order valence-corrected chi connectivity index (χ4v) is 3.44. The molecule has 1 aromatic heterocycles. The molecule has 0 N–H and O–H groups in total. The van der Waals surface area contributed by atoms with Gasteiger partial charge in [-0.3, -0.25) is 14.5 Å². The molecular formula is C17H15FN2O2S. The van der Waals surface area contributed by atoms with E-state index >= 15 is 0 Å². The number of aryl methyl sites for hydroxylation is 1. The summed E-state index contributed by atoms with van der Waals surface area (Å²) in [6.45, 7) is 3.74. The van der Waals surface area contributed by atoms with E-state index in [1.54, 1.807) is 28.8 Å². The maximum atomic E-state index is 14.1. The number of thioether (sulfide) groups is 1. The number of likely N-dealkylation sites (N-methyl/N-ethyl adjacent to an activating group) is 1. The minimum absolute atomic E-state index is 0.288. The highest BCUT2D eigenvalue weighted by molar-refractivity contribution is 8.18. The SMILES string of the molecule is Cc1cc(/C=C2\SC(=O)N(C)C2=O)c(C)n1-c1ccccc1F. The van der Waals surface area contributed by atoms with Gasteiger partial charge in [0.25, 0.3) is 11.1 Å². The Kier molecular flexibility index (Phi) is 3.85. The number of amides is 2. The predicted molar refractivity (Wildman–Crippen MR) is 88.9 cm³/mol. The van der Waals surface area contributed by atoms with Gasteiger partial charge < -0.3 is 4.57 Å². The number of benzene rings is 1. The summed E-state index contributed by atoms with van der Waals surface area (Å²) in [5.74, 6) is -0.620. The average molecular weight is 330 g/mol. The first-order chi connectivity index (χ1) is 10.9. The van der Waals surface area contributed by atoms with Gasteiger partial charge in [-0.25, -0.2) is 4.39 Å². The van der Waals surface area contributed by atoms with Gasteiger partial charge in [0.2, 0.25) is 0 Å². The van der Waals surface area contributed by atoms with Crippen molar-refractivity contribution >= 4 is 29.0 Å². The first kappa shape index (κ1) is 15.6. The first-order valence-corrected chi connectivity index (χ1v) is 7.87. The van der Waals surface area contributed by atoms with Crippen molar-refractivity contribution in [2.75, 3.05) is 7.05 Å². The van der Waals surface area contributed by atoms with E-state index in [1.807, 2.05) is 19.9 Å². The van der Waals surface area contributed by atoms with Gasteiger partial charge in [-0.05, 0) is 55.4 Å². The molecule has 0 spiro atoms. The Morgan fingerprint density at radius 2 is 1.87 bits per heavy atom. The molecule has 2 amide bonds. The maximum Gasteiger partial charge on any atom is 0.293 e. The molecule has 0 atom stereocenters. The van der Waals surface area contributed by atoms with E-state index in [4.69, 9.17) is 0 Å². The molecule has 6 heteroatoms. The molecule has 1 saturated heterocycles. The van der Waals surface area contributed by atoms with E-state index in [2.05, 4.69) is 0 Å². The summed E-state index contributed by atoms with van der Waals surface area (Å²) in [5, 5.41) is -0.288. The molecule has 0 aliphatic carbocycles. The van der Waals surface area contributed by atoms with E-state index in [1.165, 1.54) is 13.1 Å². The normalized spacial score (nSPS) is 16.7. The van der Waals surface area contributed by atoms with Crippen LogP contribution in [-0.4, -0.2) is 27.7 Å². The second kappa shape index (κ2) is 5.70. The smallest absolute Gasteiger partial charge is 0.293 e. The lowest BCUT2D eigenvalue weighted by molar-refractivity contribution is -0.121. The Labute approximate surface area is 137 Å². The monoisotopic (exact) mass is 330 g/mol. The van der Waals surface area contributed by atoms with Gasteiger partial charge in [-0.2, -0.15) is 0 Å². The number of para-hydroxylation sites is 1. The Balaban J connectivity index is 2.08. The van der Waals surface area contributed by atoms with Crippen LogP contribution in [0.4, 0.5) is 9.18 Å². The molecule has 2 aromatic rings. The molecule has 118 valence electrons. The average Bonchev–Trinajstić information content (AvgIpc) is 2.92. The standard InChI is InChI=1S/C17H15FN2O2S/c1-10-8-12(9-15-16(21)19(3)17(22)23-15)11(2)20(10)14-7-5-4-6-13(14)18/h4-9H,1-3H3/b15-9-. The summed E-state index contributed by atoms with van der Waals surface area (Å²) in [6, 6.07) is 8.42. The van der Waals surface area contributed by atoms with Crippen LogP contribution in [0.25, 0.3) is 11.8 Å². The van der Waals surface area contributed by atoms with Gasteiger partial charge in [0.15, 0.2) is 0 Å². The molecule has 4 nitrogen and oxygen atoms in total. The molecule has 23 heavy (non-hydrogen) atoms. The van der Waals surface area contributed by atoms with Gasteiger partial charge in [-0.1, -0.05) is 12.1 Å². The summed E-state index contributed by atoms with van der Waals surface area (Å²) in [6.07, 6.45) is 1.69. The maximum absolute atomic E-state index is 14.1. The van der Waals surface area contributed by atoms with Gasteiger partial charge in [0.1, 0.15) is 5.82 Å². The van der Waals surface area contributed by atoms with Crippen molar-refractivity contribution in [2.24, 2.45) is 0 Å². The summed E-state index contributed by atoms with van der Waals surface area (Å²) < 4.78 is 15.9. The zero-order valence-corrected chi connectivity index (χ0v) is 13.8. The third-order valence-corrected chi connectivity index (χ3v) is 4.80. The molecule has 2 heterocycles. The highest BCUT2D eigenvalue weighted by atomic mass is 32.2. The first-order valence-electron chi connectivity index (χ1n) is 7.05. The van der Waals surface area contributed by atoms with Gasteiger partial charge in [0.05, 0.1) is 10.6 Å². The number of imide groups is 1. The largest absolute Gasteiger partial charge is 0.315 e. The molecule has 1 aliphatic rings. The molecule has 0 radical (unpaired) electrons. The molecule has 0 bridgehead atoms. The van der Waals surface area contributed by atoms with E-state index in [-0.39, 0.29) is 17.0 Å². The van der Waals surface area contributed by atoms with Crippen LogP contribution < -0.4 is 0 Å². The second-order valence-corrected chi connectivity index (χ2v) is 6.35. The number of hydrogen-bond donors (Lipinski definition) is 0. The highest BCUT2D eigenvalue weighted by Crippen LogP contribution is 2.33. The van der Waals surface area contributed by atoms with Crippen molar-refractivity contribution in [3.63, 3.8) is 0 Å². The molecule has 0 unspecified atom stereocenters. The molecule has 1 aliphatic heterocycles. The van der Waals surface area contributed by atoms with Crippen LogP contribution in [0.5, 0.6) is 0 Å². The Morgan fingerprint density at radius 3 is 2.48 bits per heavy atom. The molecule has 0 saturated carbocycles. The molecule has 3 rings (SSSR count). The van der Waals surface area contributed by atoms with Gasteiger partial charge in [-0.15, -0.1) is 0 Å². The van der Waals surface area contributed by atoms with Crippen LogP contribution in [0.3, 0.4) is 0 Å². The summed E-state index contributed by atoms with van der Waals surface area (Å²) >= 11 is 0.915. The quantitative estimate of drug-likeness (QED) is 0.784. The lowest BCUT2D eigenvalue weighted by Crippen LogP contribution is -2.22. The minimum Gasteiger partial charge on any atom is -0.315 e. The fraction of sp³-hybridized carbons (Fsp3) is 0.176. The van der Waals surface area contributed by atoms with Crippen LogP contribution in [0.2, 0.25) is 0 Å². The van der Waals surface area contributed by atoms with Crippen molar-refractivity contribution in [1.29, 1.82) is 0 Å². The van der Waals surface area contributed by atoms with Crippen molar-refractivity contribution in [2.45, 2.75) is 13.8 Å². The number of hydrogen-bond acceptors (Lipinski definition) is 3. The van der Waals surface area contributed by atoms with E-state index in [0.717, 1.165) is 33.6 Å². The highest BCUT2D eigenvalue weighted by Gasteiger charge is 2.32. The van der Waals surface area contributed by atoms with E-state index < -0.39 is 0 Å². The van der Waals surface area contributed by atoms with Gasteiger partial charge >= 0.3 is 0 Å². The fourth-order valence-electron chi connectivity index (χ4n) is 2.62. The van der Waals surface area contributed by atoms with E-state index in [0.29, 0.717) is 10.6 Å². The van der Waals surface area contributed by atoms with Crippen LogP contribution in [0, 0.1) is 19.7 Å². The molecular weight excluding hydrogens is 315 g/mol. The second-order valence-electron chi connectivity index (χ2n) is 5.35. The number of aromatic nitrogens is 1. The lowest BCUT2D eigenvalue weighted by atomic mass is 10.2. The van der Waals surface area contributed by atoms with Crippen molar-refractivity contribution in [3.05, 3.63) is 58.0 Å². The zero-order valence-electron chi connectivity index (χ0n) is 13.0. The number of carbonyl (C=O) groups excluding carboxylic acids is 2. The third kappa shape index (κ3) is 2.59. The van der Waals surface area contributed by atoms with Crippen LogP contribution >= 0.6 is 11.8 Å². The molecule has 1 aromatic carbocycles. The summed E-state index contributed by atoms with van der Waals surface area (Å²) in [7, 11) is 1.46. The number of halogens is 1. The van der Waals surface area contributed by atoms with Crippen molar-refractivity contribution < 1.29 is 14.0 Å². The molecule has 1 fully saturated rings. The zero-order chi connectivity index (χ0) is 16.7. The van der Waals surface area contributed by atoms with Crippen molar-refractivity contribution in [1.82, 2.24) is 9.47 Å². The summed E-state index contributed by atoms with van der Waals surface area (Å²) in [4.78, 5) is 25.0. The van der Waals surface area contributed by atoms with Crippen LogP contribution in [-0.2, 0) is 4.79 Å². The number of nitrogens with zero attached hydrogens (tertiary/aromatic N) is 2. The van der Waals surface area contributed by atoms with Crippen LogP contribution in [0.15, 0.2) is 35.2 Å². The Morgan fingerprint density at radius 1 is 1.17 bits per heavy atom.